The van der Waals surface area contributed by atoms with Gasteiger partial charge in [-0.05, 0) is 62.7 Å². The predicted octanol–water partition coefficient (Wildman–Crippen LogP) is 2.26. The van der Waals surface area contributed by atoms with Gasteiger partial charge in [0.05, 0.1) is 0 Å². The van der Waals surface area contributed by atoms with E-state index in [-0.39, 0.29) is 17.7 Å². The van der Waals surface area contributed by atoms with Crippen LogP contribution in [0.2, 0.25) is 0 Å². The lowest BCUT2D eigenvalue weighted by atomic mass is 9.96. The van der Waals surface area contributed by atoms with Crippen molar-refractivity contribution in [1.29, 1.82) is 0 Å². The molecule has 1 aromatic carbocycles. The molecule has 0 bridgehead atoms. The number of piperidine rings is 1. The lowest BCUT2D eigenvalue weighted by Gasteiger charge is -2.25. The van der Waals surface area contributed by atoms with Crippen LogP contribution in [0.1, 0.15) is 49.0 Å². The molecule has 3 N–H and O–H groups in total. The molecule has 2 atom stereocenters. The topological polar surface area (TPSA) is 70.2 Å². The summed E-state index contributed by atoms with van der Waals surface area (Å²) >= 11 is 0. The summed E-state index contributed by atoms with van der Waals surface area (Å²) in [4.78, 5) is 25.0. The number of hydrogen-bond donors (Lipinski definition) is 3. The van der Waals surface area contributed by atoms with Crippen molar-refractivity contribution in [2.75, 3.05) is 19.6 Å². The number of carbonyl (C=O) groups excluding carboxylic acids is 2. The first-order valence-electron chi connectivity index (χ1n) is 9.34. The molecule has 1 aliphatic heterocycles. The summed E-state index contributed by atoms with van der Waals surface area (Å²) in [6, 6.07) is 6.91. The maximum atomic E-state index is 12.5. The molecule has 5 heteroatoms. The molecule has 2 unspecified atom stereocenters. The van der Waals surface area contributed by atoms with Crippen LogP contribution in [0.25, 0.3) is 0 Å². The van der Waals surface area contributed by atoms with Gasteiger partial charge in [-0.1, -0.05) is 32.0 Å². The van der Waals surface area contributed by atoms with Crippen LogP contribution in [0.15, 0.2) is 24.3 Å². The van der Waals surface area contributed by atoms with E-state index >= 15 is 0 Å². The van der Waals surface area contributed by atoms with Gasteiger partial charge in [-0.15, -0.1) is 0 Å². The maximum Gasteiger partial charge on any atom is 0.252 e. The smallest absolute Gasteiger partial charge is 0.252 e. The van der Waals surface area contributed by atoms with E-state index in [9.17, 15) is 9.59 Å². The molecule has 1 fully saturated rings. The van der Waals surface area contributed by atoms with Gasteiger partial charge in [-0.25, -0.2) is 0 Å². The van der Waals surface area contributed by atoms with Crippen LogP contribution >= 0.6 is 0 Å². The van der Waals surface area contributed by atoms with Crippen molar-refractivity contribution in [2.24, 2.45) is 11.8 Å². The lowest BCUT2D eigenvalue weighted by Crippen LogP contribution is -2.50. The zero-order valence-corrected chi connectivity index (χ0v) is 15.6. The molecule has 1 heterocycles. The number of rotatable bonds is 7. The minimum atomic E-state index is -0.517. The van der Waals surface area contributed by atoms with E-state index in [4.69, 9.17) is 0 Å². The molecule has 1 saturated heterocycles. The third-order valence-electron chi connectivity index (χ3n) is 4.88. The van der Waals surface area contributed by atoms with Crippen molar-refractivity contribution in [3.05, 3.63) is 35.4 Å². The average molecular weight is 345 g/mol. The Bertz CT molecular complexity index is 580. The third-order valence-corrected chi connectivity index (χ3v) is 4.88. The van der Waals surface area contributed by atoms with Gasteiger partial charge in [-0.3, -0.25) is 9.59 Å². The molecule has 1 aliphatic rings. The summed E-state index contributed by atoms with van der Waals surface area (Å²) in [5.74, 6) is 0.376. The van der Waals surface area contributed by atoms with Gasteiger partial charge in [0, 0.05) is 12.1 Å². The molecule has 0 radical (unpaired) electrons. The second-order valence-electron chi connectivity index (χ2n) is 7.30. The number of carbonyl (C=O) groups is 2. The molecule has 5 nitrogen and oxygen atoms in total. The van der Waals surface area contributed by atoms with Crippen LogP contribution in [0.4, 0.5) is 0 Å². The van der Waals surface area contributed by atoms with Crippen molar-refractivity contribution in [3.63, 3.8) is 0 Å². The first-order chi connectivity index (χ1) is 12.0. The van der Waals surface area contributed by atoms with E-state index in [0.29, 0.717) is 18.0 Å². The Labute approximate surface area is 151 Å². The summed E-state index contributed by atoms with van der Waals surface area (Å²) in [5.41, 5.74) is 1.53. The van der Waals surface area contributed by atoms with Crippen LogP contribution in [0.5, 0.6) is 0 Å². The van der Waals surface area contributed by atoms with Crippen molar-refractivity contribution in [2.45, 2.75) is 46.1 Å². The second-order valence-corrected chi connectivity index (χ2v) is 7.30. The van der Waals surface area contributed by atoms with Crippen molar-refractivity contribution >= 4 is 11.8 Å². The van der Waals surface area contributed by atoms with E-state index in [1.165, 1.54) is 12.8 Å². The molecule has 0 spiro atoms. The molecule has 0 aliphatic carbocycles. The molecular formula is C20H31N3O2. The summed E-state index contributed by atoms with van der Waals surface area (Å²) < 4.78 is 0. The monoisotopic (exact) mass is 345 g/mol. The van der Waals surface area contributed by atoms with E-state index in [1.807, 2.05) is 39.0 Å². The van der Waals surface area contributed by atoms with Crippen molar-refractivity contribution in [1.82, 2.24) is 16.0 Å². The van der Waals surface area contributed by atoms with Gasteiger partial charge in [0.2, 0.25) is 5.91 Å². The van der Waals surface area contributed by atoms with Gasteiger partial charge in [0.1, 0.15) is 6.04 Å². The van der Waals surface area contributed by atoms with E-state index < -0.39 is 6.04 Å². The van der Waals surface area contributed by atoms with Gasteiger partial charge in [-0.2, -0.15) is 0 Å². The summed E-state index contributed by atoms with van der Waals surface area (Å²) in [6.07, 6.45) is 3.41. The summed E-state index contributed by atoms with van der Waals surface area (Å²) in [6.45, 7) is 8.60. The number of aryl methyl sites for hydroxylation is 1. The van der Waals surface area contributed by atoms with Gasteiger partial charge in [0.25, 0.3) is 5.91 Å². The molecule has 138 valence electrons. The molecule has 0 saturated carbocycles. The van der Waals surface area contributed by atoms with Crippen LogP contribution in [0, 0.1) is 18.8 Å². The van der Waals surface area contributed by atoms with Crippen molar-refractivity contribution in [3.8, 4) is 0 Å². The van der Waals surface area contributed by atoms with Crippen LogP contribution in [-0.4, -0.2) is 37.5 Å². The minimum Gasteiger partial charge on any atom is -0.354 e. The van der Waals surface area contributed by atoms with Crippen molar-refractivity contribution < 1.29 is 9.59 Å². The fourth-order valence-electron chi connectivity index (χ4n) is 3.26. The van der Waals surface area contributed by atoms with Gasteiger partial charge < -0.3 is 16.0 Å². The number of hydrogen-bond acceptors (Lipinski definition) is 3. The molecule has 2 rings (SSSR count). The van der Waals surface area contributed by atoms with Gasteiger partial charge >= 0.3 is 0 Å². The highest BCUT2D eigenvalue weighted by Crippen LogP contribution is 2.13. The maximum absolute atomic E-state index is 12.5. The van der Waals surface area contributed by atoms with Crippen LogP contribution in [-0.2, 0) is 4.79 Å². The highest BCUT2D eigenvalue weighted by Gasteiger charge is 2.25. The normalized spacial score (nSPS) is 18.6. The molecule has 1 aromatic rings. The Morgan fingerprint density at radius 2 is 2.04 bits per heavy atom. The van der Waals surface area contributed by atoms with Crippen LogP contribution < -0.4 is 16.0 Å². The Balaban J connectivity index is 1.87. The first kappa shape index (κ1) is 19.4. The van der Waals surface area contributed by atoms with E-state index in [1.54, 1.807) is 6.07 Å². The zero-order valence-electron chi connectivity index (χ0n) is 15.6. The molecule has 0 aromatic heterocycles. The first-order valence-corrected chi connectivity index (χ1v) is 9.34. The van der Waals surface area contributed by atoms with Gasteiger partial charge in [0.15, 0.2) is 0 Å². The largest absolute Gasteiger partial charge is 0.354 e. The summed E-state index contributed by atoms with van der Waals surface area (Å²) in [7, 11) is 0. The Kier molecular flexibility index (Phi) is 7.44. The molecule has 2 amide bonds. The summed E-state index contributed by atoms with van der Waals surface area (Å²) in [5, 5.41) is 9.29. The Hall–Kier alpha value is -1.88. The standard InChI is InChI=1S/C20H31N3O2/c1-14(2)18(23-19(24)17-9-5-4-7-15(17)3)20(25)22-12-10-16-8-6-11-21-13-16/h4-5,7,9,14,16,18,21H,6,8,10-13H2,1-3H3,(H,22,25)(H,23,24). The lowest BCUT2D eigenvalue weighted by molar-refractivity contribution is -0.124. The number of benzene rings is 1. The fraction of sp³-hybridized carbons (Fsp3) is 0.600. The highest BCUT2D eigenvalue weighted by atomic mass is 16.2. The quantitative estimate of drug-likeness (QED) is 0.710. The molecular weight excluding hydrogens is 314 g/mol. The third kappa shape index (κ3) is 5.85. The fourth-order valence-corrected chi connectivity index (χ4v) is 3.26. The number of nitrogens with one attached hydrogen (secondary N) is 3. The Morgan fingerprint density at radius 1 is 1.28 bits per heavy atom. The van der Waals surface area contributed by atoms with Crippen LogP contribution in [0.3, 0.4) is 0 Å². The van der Waals surface area contributed by atoms with E-state index in [2.05, 4.69) is 16.0 Å². The number of amides is 2. The second kappa shape index (κ2) is 9.56. The SMILES string of the molecule is Cc1ccccc1C(=O)NC(C(=O)NCCC1CCCNC1)C(C)C. The average Bonchev–Trinajstić information content (AvgIpc) is 2.60. The molecule has 25 heavy (non-hydrogen) atoms. The zero-order chi connectivity index (χ0) is 18.2. The minimum absolute atomic E-state index is 0.0318. The van der Waals surface area contributed by atoms with E-state index in [0.717, 1.165) is 25.1 Å². The highest BCUT2D eigenvalue weighted by molar-refractivity contribution is 5.98. The Morgan fingerprint density at radius 3 is 2.68 bits per heavy atom. The predicted molar refractivity (Wildman–Crippen MR) is 100 cm³/mol.